The van der Waals surface area contributed by atoms with Crippen LogP contribution in [0, 0.1) is 13.8 Å². The van der Waals surface area contributed by atoms with Crippen molar-refractivity contribution in [3.05, 3.63) is 53.6 Å². The fourth-order valence-corrected chi connectivity index (χ4v) is 2.73. The molecule has 1 N–H and O–H groups in total. The fraction of sp³-hybridized carbons (Fsp3) is 0.333. The topological polar surface area (TPSA) is 58.6 Å². The van der Waals surface area contributed by atoms with Crippen molar-refractivity contribution in [3.63, 3.8) is 0 Å². The van der Waals surface area contributed by atoms with Crippen LogP contribution >= 0.6 is 0 Å². The van der Waals surface area contributed by atoms with Crippen LogP contribution in [-0.4, -0.2) is 24.5 Å². The Morgan fingerprint density at radius 3 is 2.23 bits per heavy atom. The summed E-state index contributed by atoms with van der Waals surface area (Å²) in [7, 11) is 0. The van der Waals surface area contributed by atoms with Gasteiger partial charge >= 0.3 is 0 Å². The number of carbonyl (C=O) groups is 2. The van der Waals surface area contributed by atoms with E-state index in [4.69, 9.17) is 4.74 Å². The first-order chi connectivity index (χ1) is 12.3. The summed E-state index contributed by atoms with van der Waals surface area (Å²) >= 11 is 0. The van der Waals surface area contributed by atoms with Gasteiger partial charge in [0.05, 0.1) is 11.8 Å². The zero-order chi connectivity index (χ0) is 19.3. The van der Waals surface area contributed by atoms with Crippen molar-refractivity contribution in [1.82, 2.24) is 0 Å². The molecule has 0 unspecified atom stereocenters. The molecule has 26 heavy (non-hydrogen) atoms. The molecule has 0 aromatic heterocycles. The zero-order valence-electron chi connectivity index (χ0n) is 16.0. The maximum atomic E-state index is 12.6. The van der Waals surface area contributed by atoms with Crippen molar-refractivity contribution in [1.29, 1.82) is 0 Å². The molecule has 0 fully saturated rings. The molecule has 0 aliphatic rings. The zero-order valence-corrected chi connectivity index (χ0v) is 16.0. The van der Waals surface area contributed by atoms with E-state index in [0.29, 0.717) is 11.4 Å². The molecular formula is C21H26N2O3. The Labute approximate surface area is 155 Å². The van der Waals surface area contributed by atoms with Gasteiger partial charge in [0.25, 0.3) is 0 Å². The van der Waals surface area contributed by atoms with E-state index in [9.17, 15) is 9.59 Å². The first kappa shape index (κ1) is 19.5. The minimum atomic E-state index is -0.253. The number of nitrogens with one attached hydrogen (secondary N) is 1. The SMILES string of the molecule is CC(=O)N(CC(=O)Nc1c(C)cccc1C)c1ccccc1OC(C)C. The Kier molecular flexibility index (Phi) is 6.39. The number of hydrogen-bond donors (Lipinski definition) is 1. The molecule has 5 nitrogen and oxygen atoms in total. The van der Waals surface area contributed by atoms with Crippen molar-refractivity contribution < 1.29 is 14.3 Å². The van der Waals surface area contributed by atoms with E-state index >= 15 is 0 Å². The number of nitrogens with zero attached hydrogens (tertiary/aromatic N) is 1. The maximum absolute atomic E-state index is 12.6. The number of aryl methyl sites for hydroxylation is 2. The Hall–Kier alpha value is -2.82. The van der Waals surface area contributed by atoms with Gasteiger partial charge in [0.2, 0.25) is 11.8 Å². The summed E-state index contributed by atoms with van der Waals surface area (Å²) in [4.78, 5) is 26.2. The van der Waals surface area contributed by atoms with E-state index in [2.05, 4.69) is 5.32 Å². The van der Waals surface area contributed by atoms with Crippen molar-refractivity contribution in [2.45, 2.75) is 40.7 Å². The van der Waals surface area contributed by atoms with Crippen LogP contribution in [0.15, 0.2) is 42.5 Å². The summed E-state index contributed by atoms with van der Waals surface area (Å²) in [5, 5.41) is 2.92. The molecule has 0 spiro atoms. The lowest BCUT2D eigenvalue weighted by atomic mass is 10.1. The quantitative estimate of drug-likeness (QED) is 0.850. The van der Waals surface area contributed by atoms with Crippen molar-refractivity contribution in [2.24, 2.45) is 0 Å². The predicted octanol–water partition coefficient (Wildman–Crippen LogP) is 4.08. The van der Waals surface area contributed by atoms with Gasteiger partial charge in [-0.2, -0.15) is 0 Å². The average molecular weight is 354 g/mol. The summed E-state index contributed by atoms with van der Waals surface area (Å²) < 4.78 is 5.79. The molecule has 0 saturated heterocycles. The van der Waals surface area contributed by atoms with Crippen LogP contribution in [0.4, 0.5) is 11.4 Å². The maximum Gasteiger partial charge on any atom is 0.244 e. The average Bonchev–Trinajstić information content (AvgIpc) is 2.56. The van der Waals surface area contributed by atoms with Crippen LogP contribution in [0.2, 0.25) is 0 Å². The standard InChI is InChI=1S/C21H26N2O3/c1-14(2)26-19-12-7-6-11-18(19)23(17(5)24)13-20(25)22-21-15(3)9-8-10-16(21)4/h6-12,14H,13H2,1-5H3,(H,22,25). The largest absolute Gasteiger partial charge is 0.489 e. The van der Waals surface area contributed by atoms with Gasteiger partial charge in [-0.15, -0.1) is 0 Å². The molecule has 0 heterocycles. The second-order valence-corrected chi connectivity index (χ2v) is 6.55. The van der Waals surface area contributed by atoms with E-state index in [1.807, 2.05) is 58.0 Å². The molecule has 2 rings (SSSR count). The molecule has 0 saturated carbocycles. The third-order valence-electron chi connectivity index (χ3n) is 3.95. The van der Waals surface area contributed by atoms with Gasteiger partial charge in [-0.1, -0.05) is 30.3 Å². The molecule has 138 valence electrons. The Morgan fingerprint density at radius 2 is 1.65 bits per heavy atom. The lowest BCUT2D eigenvalue weighted by Gasteiger charge is -2.24. The monoisotopic (exact) mass is 354 g/mol. The predicted molar refractivity (Wildman–Crippen MR) is 105 cm³/mol. The summed E-state index contributed by atoms with van der Waals surface area (Å²) in [5.74, 6) is 0.107. The lowest BCUT2D eigenvalue weighted by molar-refractivity contribution is -0.120. The van der Waals surface area contributed by atoms with Gasteiger partial charge in [-0.25, -0.2) is 0 Å². The van der Waals surface area contributed by atoms with Crippen molar-refractivity contribution >= 4 is 23.2 Å². The highest BCUT2D eigenvalue weighted by Crippen LogP contribution is 2.29. The Bertz CT molecular complexity index is 779. The van der Waals surface area contributed by atoms with Gasteiger partial charge in [0.1, 0.15) is 12.3 Å². The molecule has 0 radical (unpaired) electrons. The van der Waals surface area contributed by atoms with Gasteiger partial charge in [0.15, 0.2) is 0 Å². The van der Waals surface area contributed by atoms with Crippen LogP contribution < -0.4 is 15.0 Å². The third-order valence-corrected chi connectivity index (χ3v) is 3.95. The van der Waals surface area contributed by atoms with Gasteiger partial charge in [-0.3, -0.25) is 14.5 Å². The molecule has 0 bridgehead atoms. The van der Waals surface area contributed by atoms with Crippen LogP contribution in [0.25, 0.3) is 0 Å². The summed E-state index contributed by atoms with van der Waals surface area (Å²) in [6.07, 6.45) is -0.0339. The summed E-state index contributed by atoms with van der Waals surface area (Å²) in [5.41, 5.74) is 3.34. The Balaban J connectivity index is 2.24. The first-order valence-corrected chi connectivity index (χ1v) is 8.69. The Morgan fingerprint density at radius 1 is 1.04 bits per heavy atom. The minimum Gasteiger partial charge on any atom is -0.489 e. The number of anilines is 2. The smallest absolute Gasteiger partial charge is 0.244 e. The van der Waals surface area contributed by atoms with E-state index in [0.717, 1.165) is 16.8 Å². The molecule has 2 amide bonds. The number of rotatable bonds is 6. The number of hydrogen-bond acceptors (Lipinski definition) is 3. The molecule has 2 aromatic rings. The molecule has 0 aliphatic heterocycles. The third kappa shape index (κ3) is 4.85. The normalized spacial score (nSPS) is 10.5. The molecule has 2 aromatic carbocycles. The van der Waals surface area contributed by atoms with E-state index in [1.54, 1.807) is 12.1 Å². The van der Waals surface area contributed by atoms with Crippen LogP contribution in [0.1, 0.15) is 31.9 Å². The van der Waals surface area contributed by atoms with E-state index in [1.165, 1.54) is 11.8 Å². The van der Waals surface area contributed by atoms with E-state index in [-0.39, 0.29) is 24.5 Å². The highest BCUT2D eigenvalue weighted by atomic mass is 16.5. The molecular weight excluding hydrogens is 328 g/mol. The summed E-state index contributed by atoms with van der Waals surface area (Å²) in [6, 6.07) is 13.1. The van der Waals surface area contributed by atoms with Gasteiger partial charge in [-0.05, 0) is 51.0 Å². The van der Waals surface area contributed by atoms with Gasteiger partial charge < -0.3 is 10.1 Å². The van der Waals surface area contributed by atoms with Gasteiger partial charge in [0, 0.05) is 12.6 Å². The van der Waals surface area contributed by atoms with Crippen LogP contribution in [0.5, 0.6) is 5.75 Å². The number of amides is 2. The number of carbonyl (C=O) groups excluding carboxylic acids is 2. The second kappa shape index (κ2) is 8.52. The number of ether oxygens (including phenoxy) is 1. The fourth-order valence-electron chi connectivity index (χ4n) is 2.73. The van der Waals surface area contributed by atoms with Crippen LogP contribution in [0.3, 0.4) is 0 Å². The van der Waals surface area contributed by atoms with E-state index < -0.39 is 0 Å². The molecule has 5 heteroatoms. The highest BCUT2D eigenvalue weighted by molar-refractivity contribution is 6.03. The summed E-state index contributed by atoms with van der Waals surface area (Å²) in [6.45, 7) is 9.08. The van der Waals surface area contributed by atoms with Crippen molar-refractivity contribution in [3.8, 4) is 5.75 Å². The van der Waals surface area contributed by atoms with Crippen LogP contribution in [-0.2, 0) is 9.59 Å². The lowest BCUT2D eigenvalue weighted by Crippen LogP contribution is -2.37. The molecule has 0 aliphatic carbocycles. The number of para-hydroxylation sites is 3. The highest BCUT2D eigenvalue weighted by Gasteiger charge is 2.20. The second-order valence-electron chi connectivity index (χ2n) is 6.55. The first-order valence-electron chi connectivity index (χ1n) is 8.69. The number of benzene rings is 2. The van der Waals surface area contributed by atoms with Crippen molar-refractivity contribution in [2.75, 3.05) is 16.8 Å². The molecule has 0 atom stereocenters. The minimum absolute atomic E-state index is 0.0339.